The quantitative estimate of drug-likeness (QED) is 0.752. The van der Waals surface area contributed by atoms with Crippen molar-refractivity contribution in [3.63, 3.8) is 0 Å². The highest BCUT2D eigenvalue weighted by Crippen LogP contribution is 2.28. The average molecular weight is 364 g/mol. The minimum absolute atomic E-state index is 0.0185. The van der Waals surface area contributed by atoms with Gasteiger partial charge in [-0.25, -0.2) is 24.9 Å². The van der Waals surface area contributed by atoms with Crippen molar-refractivity contribution in [1.82, 2.24) is 34.4 Å². The molecule has 0 unspecified atom stereocenters. The number of hydrogen-bond donors (Lipinski definition) is 1. The number of imidazole rings is 1. The zero-order valence-electron chi connectivity index (χ0n) is 15.0. The maximum atomic E-state index is 12.6. The Morgan fingerprint density at radius 3 is 2.63 bits per heavy atom. The largest absolute Gasteiger partial charge is 0.336 e. The normalized spacial score (nSPS) is 14.9. The third-order valence-electron chi connectivity index (χ3n) is 4.71. The lowest BCUT2D eigenvalue weighted by molar-refractivity contribution is 0.0696. The fraction of sp³-hybridized carbons (Fsp3) is 0.333. The number of nitrogens with zero attached hydrogens (tertiary/aromatic N) is 7. The van der Waals surface area contributed by atoms with Crippen molar-refractivity contribution in [2.45, 2.75) is 18.8 Å². The summed E-state index contributed by atoms with van der Waals surface area (Å²) >= 11 is 0. The number of carbonyl (C=O) groups excluding carboxylic acids is 1. The SMILES string of the molecule is Cn1ccnc1C(=O)N1CCC(c2ccnc(Nc3cncnc3)n2)CC1. The first-order chi connectivity index (χ1) is 13.2. The van der Waals surface area contributed by atoms with Gasteiger partial charge in [-0.05, 0) is 18.9 Å². The summed E-state index contributed by atoms with van der Waals surface area (Å²) in [6, 6.07) is 1.94. The van der Waals surface area contributed by atoms with Crippen molar-refractivity contribution < 1.29 is 4.79 Å². The van der Waals surface area contributed by atoms with Gasteiger partial charge in [0.1, 0.15) is 6.33 Å². The summed E-state index contributed by atoms with van der Waals surface area (Å²) in [7, 11) is 1.83. The number of carbonyl (C=O) groups is 1. The van der Waals surface area contributed by atoms with E-state index in [1.807, 2.05) is 18.0 Å². The molecule has 0 aliphatic carbocycles. The first-order valence-corrected chi connectivity index (χ1v) is 8.82. The van der Waals surface area contributed by atoms with E-state index in [0.29, 0.717) is 30.8 Å². The fourth-order valence-electron chi connectivity index (χ4n) is 3.24. The van der Waals surface area contributed by atoms with E-state index < -0.39 is 0 Å². The van der Waals surface area contributed by atoms with Gasteiger partial charge in [-0.15, -0.1) is 0 Å². The lowest BCUT2D eigenvalue weighted by Gasteiger charge is -2.31. The minimum atomic E-state index is -0.0185. The maximum Gasteiger partial charge on any atom is 0.289 e. The van der Waals surface area contributed by atoms with Crippen LogP contribution in [0.25, 0.3) is 0 Å². The van der Waals surface area contributed by atoms with E-state index in [2.05, 4.69) is 30.2 Å². The van der Waals surface area contributed by atoms with Gasteiger partial charge >= 0.3 is 0 Å². The Hall–Kier alpha value is -3.36. The predicted molar refractivity (Wildman–Crippen MR) is 98.4 cm³/mol. The molecule has 138 valence electrons. The monoisotopic (exact) mass is 364 g/mol. The second-order valence-electron chi connectivity index (χ2n) is 6.49. The van der Waals surface area contributed by atoms with Crippen LogP contribution in [0.1, 0.15) is 35.1 Å². The Balaban J connectivity index is 1.40. The summed E-state index contributed by atoms with van der Waals surface area (Å²) in [4.78, 5) is 35.4. The zero-order valence-corrected chi connectivity index (χ0v) is 15.0. The molecule has 0 atom stereocenters. The summed E-state index contributed by atoms with van der Waals surface area (Å²) in [5.74, 6) is 1.28. The third-order valence-corrected chi connectivity index (χ3v) is 4.71. The van der Waals surface area contributed by atoms with Crippen LogP contribution in [-0.4, -0.2) is 53.4 Å². The summed E-state index contributed by atoms with van der Waals surface area (Å²) in [6.45, 7) is 1.38. The Kier molecular flexibility index (Phi) is 4.73. The zero-order chi connectivity index (χ0) is 18.6. The average Bonchev–Trinajstić information content (AvgIpc) is 3.14. The third kappa shape index (κ3) is 3.76. The minimum Gasteiger partial charge on any atom is -0.336 e. The summed E-state index contributed by atoms with van der Waals surface area (Å²) in [5.41, 5.74) is 1.72. The molecular weight excluding hydrogens is 344 g/mol. The number of nitrogens with one attached hydrogen (secondary N) is 1. The topological polar surface area (TPSA) is 102 Å². The van der Waals surface area contributed by atoms with Crippen LogP contribution in [0.3, 0.4) is 0 Å². The molecule has 0 bridgehead atoms. The molecule has 0 radical (unpaired) electrons. The Labute approximate surface area is 156 Å². The van der Waals surface area contributed by atoms with Crippen LogP contribution in [-0.2, 0) is 7.05 Å². The van der Waals surface area contributed by atoms with Gasteiger partial charge in [-0.3, -0.25) is 4.79 Å². The molecular formula is C18H20N8O. The number of likely N-dealkylation sites (tertiary alicyclic amines) is 1. The van der Waals surface area contributed by atoms with Gasteiger partial charge in [-0.2, -0.15) is 0 Å². The Bertz CT molecular complexity index is 918. The number of aromatic nitrogens is 6. The van der Waals surface area contributed by atoms with Crippen LogP contribution in [0.15, 0.2) is 43.4 Å². The Morgan fingerprint density at radius 1 is 1.15 bits per heavy atom. The van der Waals surface area contributed by atoms with Crippen LogP contribution in [0, 0.1) is 0 Å². The van der Waals surface area contributed by atoms with Crippen molar-refractivity contribution >= 4 is 17.5 Å². The molecule has 9 heteroatoms. The van der Waals surface area contributed by atoms with E-state index in [4.69, 9.17) is 0 Å². The van der Waals surface area contributed by atoms with Crippen LogP contribution in [0.2, 0.25) is 0 Å². The number of piperidine rings is 1. The first kappa shape index (κ1) is 17.1. The molecule has 0 spiro atoms. The molecule has 27 heavy (non-hydrogen) atoms. The highest BCUT2D eigenvalue weighted by Gasteiger charge is 2.27. The molecule has 0 saturated carbocycles. The molecule has 4 heterocycles. The number of amides is 1. The van der Waals surface area contributed by atoms with Gasteiger partial charge in [0, 0.05) is 50.3 Å². The number of hydrogen-bond acceptors (Lipinski definition) is 7. The molecule has 9 nitrogen and oxygen atoms in total. The molecule has 1 fully saturated rings. The molecule has 0 aromatic carbocycles. The molecule has 3 aromatic heterocycles. The van der Waals surface area contributed by atoms with E-state index >= 15 is 0 Å². The smallest absolute Gasteiger partial charge is 0.289 e. The summed E-state index contributed by atoms with van der Waals surface area (Å²) < 4.78 is 1.75. The predicted octanol–water partition coefficient (Wildman–Crippen LogP) is 1.76. The van der Waals surface area contributed by atoms with Gasteiger partial charge in [0.25, 0.3) is 5.91 Å². The van der Waals surface area contributed by atoms with Crippen LogP contribution in [0.5, 0.6) is 0 Å². The second-order valence-corrected chi connectivity index (χ2v) is 6.49. The Morgan fingerprint density at radius 2 is 1.93 bits per heavy atom. The van der Waals surface area contributed by atoms with Crippen LogP contribution >= 0.6 is 0 Å². The van der Waals surface area contributed by atoms with Gasteiger partial charge in [0.15, 0.2) is 5.82 Å². The second kappa shape index (κ2) is 7.48. The van der Waals surface area contributed by atoms with Crippen molar-refractivity contribution in [2.24, 2.45) is 7.05 Å². The van der Waals surface area contributed by atoms with Crippen molar-refractivity contribution in [3.05, 3.63) is 54.9 Å². The van der Waals surface area contributed by atoms with Gasteiger partial charge in [-0.1, -0.05) is 0 Å². The maximum absolute atomic E-state index is 12.6. The lowest BCUT2D eigenvalue weighted by atomic mass is 9.93. The van der Waals surface area contributed by atoms with Crippen LogP contribution in [0.4, 0.5) is 11.6 Å². The molecule has 4 rings (SSSR count). The van der Waals surface area contributed by atoms with E-state index in [9.17, 15) is 4.79 Å². The highest BCUT2D eigenvalue weighted by atomic mass is 16.2. The fourth-order valence-corrected chi connectivity index (χ4v) is 3.24. The molecule has 1 N–H and O–H groups in total. The number of rotatable bonds is 4. The molecule has 1 saturated heterocycles. The van der Waals surface area contributed by atoms with Crippen molar-refractivity contribution in [3.8, 4) is 0 Å². The van der Waals surface area contributed by atoms with E-state index in [-0.39, 0.29) is 5.91 Å². The first-order valence-electron chi connectivity index (χ1n) is 8.82. The lowest BCUT2D eigenvalue weighted by Crippen LogP contribution is -2.39. The van der Waals surface area contributed by atoms with Crippen molar-refractivity contribution in [2.75, 3.05) is 18.4 Å². The summed E-state index contributed by atoms with van der Waals surface area (Å²) in [5, 5.41) is 3.11. The van der Waals surface area contributed by atoms with Crippen molar-refractivity contribution in [1.29, 1.82) is 0 Å². The van der Waals surface area contributed by atoms with E-state index in [0.717, 1.165) is 24.2 Å². The van der Waals surface area contributed by atoms with Gasteiger partial charge < -0.3 is 14.8 Å². The molecule has 1 amide bonds. The number of aryl methyl sites for hydroxylation is 1. The summed E-state index contributed by atoms with van der Waals surface area (Å²) in [6.07, 6.45) is 11.7. The molecule has 1 aliphatic heterocycles. The van der Waals surface area contributed by atoms with Gasteiger partial charge in [0.05, 0.1) is 18.1 Å². The van der Waals surface area contributed by atoms with Gasteiger partial charge in [0.2, 0.25) is 5.95 Å². The standard InChI is InChI=1S/C18H20N8O/c1-25-9-6-21-16(25)17(27)26-7-3-13(4-8-26)15-2-5-22-18(24-15)23-14-10-19-12-20-11-14/h2,5-6,9-13H,3-4,7-8H2,1H3,(H,22,23,24). The molecule has 3 aromatic rings. The number of anilines is 2. The highest BCUT2D eigenvalue weighted by molar-refractivity contribution is 5.90. The molecule has 1 aliphatic rings. The van der Waals surface area contributed by atoms with Crippen LogP contribution < -0.4 is 5.32 Å². The van der Waals surface area contributed by atoms with E-state index in [1.54, 1.807) is 35.6 Å². The van der Waals surface area contributed by atoms with E-state index in [1.165, 1.54) is 6.33 Å².